The highest BCUT2D eigenvalue weighted by Crippen LogP contribution is 2.39. The minimum atomic E-state index is 0.00000782. The lowest BCUT2D eigenvalue weighted by Crippen LogP contribution is -2.12. The zero-order chi connectivity index (χ0) is 21.0. The van der Waals surface area contributed by atoms with E-state index in [1.54, 1.807) is 23.4 Å². The predicted octanol–water partition coefficient (Wildman–Crippen LogP) is 8.13. The van der Waals surface area contributed by atoms with Crippen LogP contribution in [0.1, 0.15) is 37.7 Å². The molecule has 29 heavy (non-hydrogen) atoms. The molecule has 0 spiro atoms. The van der Waals surface area contributed by atoms with E-state index >= 15 is 0 Å². The van der Waals surface area contributed by atoms with Crippen LogP contribution in [0.4, 0.5) is 0 Å². The van der Waals surface area contributed by atoms with Crippen molar-refractivity contribution >= 4 is 47.5 Å². The fourth-order valence-electron chi connectivity index (χ4n) is 3.28. The third-order valence-electron chi connectivity index (χ3n) is 4.59. The van der Waals surface area contributed by atoms with E-state index in [-0.39, 0.29) is 5.41 Å². The number of benzene rings is 1. The Kier molecular flexibility index (Phi) is 6.56. The van der Waals surface area contributed by atoms with Gasteiger partial charge in [0.15, 0.2) is 0 Å². The van der Waals surface area contributed by atoms with Gasteiger partial charge in [0.2, 0.25) is 0 Å². The first kappa shape index (κ1) is 21.3. The monoisotopic (exact) mass is 419 g/mol. The zero-order valence-electron chi connectivity index (χ0n) is 17.0. The SMILES string of the molecule is C=CSc1ccc(-c2nccc3oc(/C=C/C=C\S)c(C=C)c23)cc1C(C)(C)C. The molecular formula is C25H25NOS2. The van der Waals surface area contributed by atoms with Crippen LogP contribution in [0.2, 0.25) is 0 Å². The summed E-state index contributed by atoms with van der Waals surface area (Å²) in [5.74, 6) is 0.755. The second kappa shape index (κ2) is 8.93. The van der Waals surface area contributed by atoms with Crippen molar-refractivity contribution in [2.24, 2.45) is 0 Å². The van der Waals surface area contributed by atoms with E-state index in [9.17, 15) is 0 Å². The quantitative estimate of drug-likeness (QED) is 0.248. The number of rotatable bonds is 6. The van der Waals surface area contributed by atoms with Gasteiger partial charge in [0.05, 0.1) is 11.1 Å². The maximum absolute atomic E-state index is 6.08. The Morgan fingerprint density at radius 2 is 1.93 bits per heavy atom. The Labute approximate surface area is 182 Å². The van der Waals surface area contributed by atoms with E-state index in [2.05, 4.69) is 64.8 Å². The molecule has 0 saturated heterocycles. The van der Waals surface area contributed by atoms with Crippen LogP contribution in [-0.2, 0) is 5.41 Å². The van der Waals surface area contributed by atoms with Crippen molar-refractivity contribution in [3.8, 4) is 11.3 Å². The minimum absolute atomic E-state index is 0.00000782. The number of thioether (sulfide) groups is 1. The third kappa shape index (κ3) is 4.44. The average Bonchev–Trinajstić information content (AvgIpc) is 3.05. The number of allylic oxidation sites excluding steroid dienone is 2. The molecule has 0 aliphatic heterocycles. The maximum Gasteiger partial charge on any atom is 0.139 e. The lowest BCUT2D eigenvalue weighted by atomic mass is 9.85. The Morgan fingerprint density at radius 3 is 2.59 bits per heavy atom. The number of furan rings is 1. The number of thiol groups is 1. The molecule has 2 aromatic heterocycles. The van der Waals surface area contributed by atoms with E-state index < -0.39 is 0 Å². The molecule has 0 aliphatic rings. The molecule has 0 unspecified atom stereocenters. The fourth-order valence-corrected chi connectivity index (χ4v) is 4.20. The Balaban J connectivity index is 2.25. The van der Waals surface area contributed by atoms with Gasteiger partial charge in [-0.1, -0.05) is 70.0 Å². The summed E-state index contributed by atoms with van der Waals surface area (Å²) in [7, 11) is 0. The van der Waals surface area contributed by atoms with Gasteiger partial charge in [0, 0.05) is 22.2 Å². The Morgan fingerprint density at radius 1 is 1.14 bits per heavy atom. The highest BCUT2D eigenvalue weighted by atomic mass is 32.2. The summed E-state index contributed by atoms with van der Waals surface area (Å²) in [4.78, 5) is 5.92. The molecule has 0 saturated carbocycles. The molecule has 0 radical (unpaired) electrons. The number of nitrogens with zero attached hydrogens (tertiary/aromatic N) is 1. The second-order valence-electron chi connectivity index (χ2n) is 7.56. The summed E-state index contributed by atoms with van der Waals surface area (Å²) in [6.07, 6.45) is 9.27. The Bertz CT molecular complexity index is 1110. The van der Waals surface area contributed by atoms with Crippen molar-refractivity contribution in [3.05, 3.63) is 83.5 Å². The molecular weight excluding hydrogens is 394 g/mol. The molecule has 0 bridgehead atoms. The van der Waals surface area contributed by atoms with Crippen molar-refractivity contribution in [2.75, 3.05) is 0 Å². The highest BCUT2D eigenvalue weighted by molar-refractivity contribution is 8.02. The van der Waals surface area contributed by atoms with E-state index in [1.807, 2.05) is 35.8 Å². The number of pyridine rings is 1. The predicted molar refractivity (Wildman–Crippen MR) is 131 cm³/mol. The molecule has 0 fully saturated rings. The highest BCUT2D eigenvalue weighted by Gasteiger charge is 2.21. The molecule has 3 aromatic rings. The van der Waals surface area contributed by atoms with Crippen LogP contribution >= 0.6 is 24.4 Å². The molecule has 2 nitrogen and oxygen atoms in total. The van der Waals surface area contributed by atoms with Crippen molar-refractivity contribution in [2.45, 2.75) is 31.1 Å². The van der Waals surface area contributed by atoms with Gasteiger partial charge in [0.25, 0.3) is 0 Å². The standard InChI is InChI=1S/C25H25NOS2/c1-6-18-20(10-8-9-15-28)27-21-13-14-26-24(23(18)21)17-11-12-22(29-7-2)19(16-17)25(3,4)5/h6-16,28H,1-2H2,3-5H3/b10-8+,15-9-. The van der Waals surface area contributed by atoms with Crippen molar-refractivity contribution in [1.82, 2.24) is 4.98 Å². The van der Waals surface area contributed by atoms with Crippen LogP contribution in [0.15, 0.2) is 75.9 Å². The van der Waals surface area contributed by atoms with Gasteiger partial charge in [0.1, 0.15) is 11.3 Å². The second-order valence-corrected chi connectivity index (χ2v) is 8.87. The summed E-state index contributed by atoms with van der Waals surface area (Å²) in [6, 6.07) is 8.38. The zero-order valence-corrected chi connectivity index (χ0v) is 18.7. The van der Waals surface area contributed by atoms with Crippen LogP contribution in [0.25, 0.3) is 34.4 Å². The number of fused-ring (bicyclic) bond motifs is 1. The summed E-state index contributed by atoms with van der Waals surface area (Å²) >= 11 is 5.73. The van der Waals surface area contributed by atoms with Crippen LogP contribution in [0.3, 0.4) is 0 Å². The summed E-state index contributed by atoms with van der Waals surface area (Å²) in [5.41, 5.74) is 4.95. The van der Waals surface area contributed by atoms with E-state index in [0.717, 1.165) is 33.6 Å². The molecule has 4 heteroatoms. The smallest absolute Gasteiger partial charge is 0.139 e. The van der Waals surface area contributed by atoms with Gasteiger partial charge >= 0.3 is 0 Å². The van der Waals surface area contributed by atoms with Gasteiger partial charge in [-0.25, -0.2) is 0 Å². The first-order valence-corrected chi connectivity index (χ1v) is 10.7. The summed E-state index contributed by atoms with van der Waals surface area (Å²) in [5, 5.41) is 4.52. The molecule has 148 valence electrons. The fraction of sp³-hybridized carbons (Fsp3) is 0.160. The van der Waals surface area contributed by atoms with Crippen LogP contribution in [0.5, 0.6) is 0 Å². The number of aromatic nitrogens is 1. The normalized spacial score (nSPS) is 12.3. The van der Waals surface area contributed by atoms with Crippen LogP contribution in [0, 0.1) is 0 Å². The number of hydrogen-bond acceptors (Lipinski definition) is 4. The first-order valence-electron chi connectivity index (χ1n) is 9.34. The molecule has 2 heterocycles. The van der Waals surface area contributed by atoms with Gasteiger partial charge in [-0.05, 0) is 46.1 Å². The summed E-state index contributed by atoms with van der Waals surface area (Å²) < 4.78 is 6.08. The van der Waals surface area contributed by atoms with E-state index in [4.69, 9.17) is 9.40 Å². The lowest BCUT2D eigenvalue weighted by molar-refractivity contribution is 0.578. The molecule has 0 N–H and O–H groups in total. The average molecular weight is 420 g/mol. The van der Waals surface area contributed by atoms with Crippen LogP contribution in [-0.4, -0.2) is 4.98 Å². The largest absolute Gasteiger partial charge is 0.456 e. The van der Waals surface area contributed by atoms with Gasteiger partial charge in [-0.15, -0.1) is 0 Å². The third-order valence-corrected chi connectivity index (χ3v) is 5.54. The lowest BCUT2D eigenvalue weighted by Gasteiger charge is -2.23. The van der Waals surface area contributed by atoms with Gasteiger partial charge < -0.3 is 4.42 Å². The van der Waals surface area contributed by atoms with Crippen LogP contribution < -0.4 is 0 Å². The molecule has 0 aliphatic carbocycles. The first-order chi connectivity index (χ1) is 13.9. The molecule has 1 aromatic carbocycles. The van der Waals surface area contributed by atoms with Gasteiger partial charge in [-0.3, -0.25) is 4.98 Å². The molecule has 0 amide bonds. The van der Waals surface area contributed by atoms with Crippen molar-refractivity contribution < 1.29 is 4.42 Å². The molecule has 3 rings (SSSR count). The molecule has 0 atom stereocenters. The topological polar surface area (TPSA) is 26.0 Å². The van der Waals surface area contributed by atoms with Gasteiger partial charge in [-0.2, -0.15) is 12.6 Å². The van der Waals surface area contributed by atoms with E-state index in [1.165, 1.54) is 10.5 Å². The minimum Gasteiger partial charge on any atom is -0.456 e. The number of hydrogen-bond donors (Lipinski definition) is 1. The summed E-state index contributed by atoms with van der Waals surface area (Å²) in [6.45, 7) is 14.5. The Hall–Kier alpha value is -2.43. The van der Waals surface area contributed by atoms with Crippen molar-refractivity contribution in [1.29, 1.82) is 0 Å². The maximum atomic E-state index is 6.08. The van der Waals surface area contributed by atoms with Crippen molar-refractivity contribution in [3.63, 3.8) is 0 Å². The van der Waals surface area contributed by atoms with E-state index in [0.29, 0.717) is 0 Å².